The van der Waals surface area contributed by atoms with E-state index in [1.54, 1.807) is 11.5 Å². The van der Waals surface area contributed by atoms with Crippen LogP contribution in [0.25, 0.3) is 10.6 Å². The number of nitrogens with zero attached hydrogens (tertiary/aromatic N) is 1. The summed E-state index contributed by atoms with van der Waals surface area (Å²) in [5.41, 5.74) is 2.40. The molecule has 1 N–H and O–H groups in total. The number of ether oxygens (including phenoxy) is 1. The van der Waals surface area contributed by atoms with Gasteiger partial charge in [-0.05, 0) is 42.0 Å². The van der Waals surface area contributed by atoms with Crippen LogP contribution in [-0.4, -0.2) is 17.4 Å². The average Bonchev–Trinajstić information content (AvgIpc) is 3.16. The van der Waals surface area contributed by atoms with Crippen LogP contribution >= 0.6 is 22.9 Å². The summed E-state index contributed by atoms with van der Waals surface area (Å²) in [6, 6.07) is 15.2. The van der Waals surface area contributed by atoms with E-state index < -0.39 is 0 Å². The molecule has 4 nitrogen and oxygen atoms in total. The molecular formula is C20H17ClN2O2S. The van der Waals surface area contributed by atoms with Crippen LogP contribution in [0, 0.1) is 0 Å². The van der Waals surface area contributed by atoms with Crippen molar-refractivity contribution in [2.24, 2.45) is 0 Å². The molecule has 6 heteroatoms. The van der Waals surface area contributed by atoms with E-state index in [-0.39, 0.29) is 5.91 Å². The maximum absolute atomic E-state index is 11.9. The number of aromatic nitrogens is 1. The first-order valence-corrected chi connectivity index (χ1v) is 9.24. The predicted octanol–water partition coefficient (Wildman–Crippen LogP) is 4.96. The Hall–Kier alpha value is -2.63. The van der Waals surface area contributed by atoms with Gasteiger partial charge in [0.05, 0.1) is 0 Å². The van der Waals surface area contributed by atoms with Gasteiger partial charge in [0.15, 0.2) is 0 Å². The molecule has 0 saturated heterocycles. The summed E-state index contributed by atoms with van der Waals surface area (Å²) in [7, 11) is 0. The van der Waals surface area contributed by atoms with Gasteiger partial charge in [-0.15, -0.1) is 17.9 Å². The van der Waals surface area contributed by atoms with E-state index in [1.165, 1.54) is 11.3 Å². The van der Waals surface area contributed by atoms with Gasteiger partial charge in [-0.2, -0.15) is 0 Å². The second-order valence-corrected chi connectivity index (χ2v) is 6.77. The van der Waals surface area contributed by atoms with Crippen molar-refractivity contribution in [3.8, 4) is 16.3 Å². The van der Waals surface area contributed by atoms with Crippen LogP contribution in [0.5, 0.6) is 5.75 Å². The maximum Gasteiger partial charge on any atom is 0.271 e. The SMILES string of the molecule is C=CCNC(=O)c1csc(-c2ccc(OCc3ccc(Cl)cc3)cc2)n1. The molecule has 0 aliphatic carbocycles. The Bertz CT molecular complexity index is 889. The highest BCUT2D eigenvalue weighted by Gasteiger charge is 2.11. The van der Waals surface area contributed by atoms with Crippen LogP contribution < -0.4 is 10.1 Å². The third-order valence-corrected chi connectivity index (χ3v) is 4.71. The lowest BCUT2D eigenvalue weighted by atomic mass is 10.2. The number of rotatable bonds is 7. The number of benzene rings is 2. The molecule has 2 aromatic carbocycles. The van der Waals surface area contributed by atoms with E-state index in [0.29, 0.717) is 23.9 Å². The van der Waals surface area contributed by atoms with E-state index >= 15 is 0 Å². The fraction of sp³-hybridized carbons (Fsp3) is 0.100. The van der Waals surface area contributed by atoms with Gasteiger partial charge >= 0.3 is 0 Å². The van der Waals surface area contributed by atoms with Crippen molar-refractivity contribution in [3.05, 3.63) is 82.8 Å². The van der Waals surface area contributed by atoms with Crippen molar-refractivity contribution in [2.45, 2.75) is 6.61 Å². The molecule has 0 aliphatic rings. The zero-order valence-corrected chi connectivity index (χ0v) is 15.5. The predicted molar refractivity (Wildman–Crippen MR) is 106 cm³/mol. The van der Waals surface area contributed by atoms with Crippen molar-refractivity contribution in [3.63, 3.8) is 0 Å². The van der Waals surface area contributed by atoms with Gasteiger partial charge in [0.1, 0.15) is 23.1 Å². The molecule has 0 atom stereocenters. The van der Waals surface area contributed by atoms with E-state index in [4.69, 9.17) is 16.3 Å². The molecule has 132 valence electrons. The van der Waals surface area contributed by atoms with Crippen molar-refractivity contribution in [1.29, 1.82) is 0 Å². The van der Waals surface area contributed by atoms with Gasteiger partial charge in [-0.3, -0.25) is 4.79 Å². The first-order chi connectivity index (χ1) is 12.7. The molecule has 26 heavy (non-hydrogen) atoms. The first kappa shape index (κ1) is 18.2. The molecule has 0 fully saturated rings. The highest BCUT2D eigenvalue weighted by molar-refractivity contribution is 7.13. The molecule has 0 spiro atoms. The Morgan fingerprint density at radius 3 is 2.62 bits per heavy atom. The summed E-state index contributed by atoms with van der Waals surface area (Å²) in [6.07, 6.45) is 1.63. The zero-order chi connectivity index (χ0) is 18.4. The van der Waals surface area contributed by atoms with Gasteiger partial charge < -0.3 is 10.1 Å². The van der Waals surface area contributed by atoms with Crippen LogP contribution in [-0.2, 0) is 6.61 Å². The summed E-state index contributed by atoms with van der Waals surface area (Å²) in [6.45, 7) is 4.47. The molecule has 1 aromatic heterocycles. The number of carbonyl (C=O) groups excluding carboxylic acids is 1. The Kier molecular flexibility index (Phi) is 6.04. The standard InChI is InChI=1S/C20H17ClN2O2S/c1-2-11-22-19(24)18-13-26-20(23-18)15-5-9-17(10-6-15)25-12-14-3-7-16(21)8-4-14/h2-10,13H,1,11-12H2,(H,22,24). The van der Waals surface area contributed by atoms with Gasteiger partial charge in [-0.25, -0.2) is 4.98 Å². The smallest absolute Gasteiger partial charge is 0.271 e. The third kappa shape index (κ3) is 4.71. The number of hydrogen-bond donors (Lipinski definition) is 1. The van der Waals surface area contributed by atoms with E-state index in [1.807, 2.05) is 48.5 Å². The quantitative estimate of drug-likeness (QED) is 0.586. The minimum atomic E-state index is -0.199. The summed E-state index contributed by atoms with van der Waals surface area (Å²) in [5.74, 6) is 0.569. The number of nitrogens with one attached hydrogen (secondary N) is 1. The Morgan fingerprint density at radius 2 is 1.92 bits per heavy atom. The lowest BCUT2D eigenvalue weighted by Crippen LogP contribution is -2.23. The van der Waals surface area contributed by atoms with E-state index in [2.05, 4.69) is 16.9 Å². The van der Waals surface area contributed by atoms with Crippen LogP contribution in [0.15, 0.2) is 66.6 Å². The molecule has 0 aliphatic heterocycles. The summed E-state index contributed by atoms with van der Waals surface area (Å²) >= 11 is 7.31. The molecule has 0 bridgehead atoms. The molecule has 1 heterocycles. The summed E-state index contributed by atoms with van der Waals surface area (Å²) in [5, 5.41) is 5.96. The minimum Gasteiger partial charge on any atom is -0.489 e. The van der Waals surface area contributed by atoms with Gasteiger partial charge in [0, 0.05) is 22.5 Å². The molecule has 0 radical (unpaired) electrons. The topological polar surface area (TPSA) is 51.2 Å². The summed E-state index contributed by atoms with van der Waals surface area (Å²) < 4.78 is 5.78. The monoisotopic (exact) mass is 384 g/mol. The van der Waals surface area contributed by atoms with Crippen LogP contribution in [0.1, 0.15) is 16.1 Å². The fourth-order valence-electron chi connectivity index (χ4n) is 2.21. The van der Waals surface area contributed by atoms with E-state index in [9.17, 15) is 4.79 Å². The second kappa shape index (κ2) is 8.65. The normalized spacial score (nSPS) is 10.3. The van der Waals surface area contributed by atoms with E-state index in [0.717, 1.165) is 21.9 Å². The summed E-state index contributed by atoms with van der Waals surface area (Å²) in [4.78, 5) is 16.3. The van der Waals surface area contributed by atoms with Crippen LogP contribution in [0.4, 0.5) is 0 Å². The minimum absolute atomic E-state index is 0.199. The van der Waals surface area contributed by atoms with Crippen LogP contribution in [0.2, 0.25) is 5.02 Å². The lowest BCUT2D eigenvalue weighted by molar-refractivity contribution is 0.0954. The van der Waals surface area contributed by atoms with Crippen molar-refractivity contribution >= 4 is 28.8 Å². The number of carbonyl (C=O) groups is 1. The van der Waals surface area contributed by atoms with Gasteiger partial charge in [0.25, 0.3) is 5.91 Å². The molecule has 0 unspecified atom stereocenters. The number of amides is 1. The molecule has 3 rings (SSSR count). The highest BCUT2D eigenvalue weighted by Crippen LogP contribution is 2.26. The lowest BCUT2D eigenvalue weighted by Gasteiger charge is -2.07. The third-order valence-electron chi connectivity index (χ3n) is 3.56. The number of thiazole rings is 1. The van der Waals surface area contributed by atoms with Crippen molar-refractivity contribution in [1.82, 2.24) is 10.3 Å². The zero-order valence-electron chi connectivity index (χ0n) is 13.9. The molecular weight excluding hydrogens is 368 g/mol. The Labute approximate surface area is 161 Å². The number of hydrogen-bond acceptors (Lipinski definition) is 4. The fourth-order valence-corrected chi connectivity index (χ4v) is 3.14. The van der Waals surface area contributed by atoms with Gasteiger partial charge in [-0.1, -0.05) is 29.8 Å². The Balaban J connectivity index is 1.62. The molecule has 1 amide bonds. The second-order valence-electron chi connectivity index (χ2n) is 5.48. The van der Waals surface area contributed by atoms with Gasteiger partial charge in [0.2, 0.25) is 0 Å². The average molecular weight is 385 g/mol. The number of halogens is 1. The highest BCUT2D eigenvalue weighted by atomic mass is 35.5. The van der Waals surface area contributed by atoms with Crippen LogP contribution in [0.3, 0.4) is 0 Å². The Morgan fingerprint density at radius 1 is 1.19 bits per heavy atom. The van der Waals surface area contributed by atoms with Crippen molar-refractivity contribution < 1.29 is 9.53 Å². The first-order valence-electron chi connectivity index (χ1n) is 7.98. The molecule has 0 saturated carbocycles. The van der Waals surface area contributed by atoms with Crippen molar-refractivity contribution in [2.75, 3.05) is 6.54 Å². The maximum atomic E-state index is 11.9. The molecule has 3 aromatic rings. The largest absolute Gasteiger partial charge is 0.489 e.